The van der Waals surface area contributed by atoms with Crippen molar-refractivity contribution in [2.45, 2.75) is 103 Å². The molecule has 0 aliphatic heterocycles. The molecule has 1 rings (SSSR count). The summed E-state index contributed by atoms with van der Waals surface area (Å²) in [4.78, 5) is 15.9. The van der Waals surface area contributed by atoms with E-state index in [9.17, 15) is 9.90 Å². The van der Waals surface area contributed by atoms with Crippen molar-refractivity contribution >= 4 is 5.97 Å². The van der Waals surface area contributed by atoms with Gasteiger partial charge in [0.25, 0.3) is 0 Å². The highest BCUT2D eigenvalue weighted by atomic mass is 16.4. The maximum atomic E-state index is 11.6. The van der Waals surface area contributed by atoms with E-state index in [1.807, 2.05) is 10.8 Å². The van der Waals surface area contributed by atoms with Crippen molar-refractivity contribution in [2.24, 2.45) is 0 Å². The van der Waals surface area contributed by atoms with Crippen LogP contribution in [0.25, 0.3) is 0 Å². The summed E-state index contributed by atoms with van der Waals surface area (Å²) in [6, 6.07) is -0.473. The summed E-state index contributed by atoms with van der Waals surface area (Å²) < 4.78 is 1.85. The van der Waals surface area contributed by atoms with Crippen LogP contribution in [0.5, 0.6) is 0 Å². The Hall–Kier alpha value is -1.32. The predicted molar refractivity (Wildman–Crippen MR) is 99.4 cm³/mol. The Labute approximate surface area is 147 Å². The summed E-state index contributed by atoms with van der Waals surface area (Å²) in [7, 11) is 0. The highest BCUT2D eigenvalue weighted by Gasteiger charge is 2.22. The van der Waals surface area contributed by atoms with Gasteiger partial charge in [0.15, 0.2) is 0 Å². The van der Waals surface area contributed by atoms with Gasteiger partial charge in [-0.2, -0.15) is 0 Å². The Morgan fingerprint density at radius 2 is 1.58 bits per heavy atom. The van der Waals surface area contributed by atoms with E-state index in [1.54, 1.807) is 6.20 Å². The molecule has 4 heteroatoms. The Morgan fingerprint density at radius 3 is 2.08 bits per heavy atom. The number of carbonyl (C=O) groups is 1. The van der Waals surface area contributed by atoms with Crippen LogP contribution in [-0.4, -0.2) is 20.6 Å². The van der Waals surface area contributed by atoms with Gasteiger partial charge in [-0.1, -0.05) is 85.0 Å². The molecule has 0 aromatic carbocycles. The van der Waals surface area contributed by atoms with Crippen LogP contribution >= 0.6 is 0 Å². The van der Waals surface area contributed by atoms with Crippen LogP contribution in [0.1, 0.15) is 109 Å². The number of hydrogen-bond acceptors (Lipinski definition) is 2. The molecular formula is C20H36N2O2. The minimum Gasteiger partial charge on any atom is -0.480 e. The van der Waals surface area contributed by atoms with Gasteiger partial charge in [-0.3, -0.25) is 0 Å². The topological polar surface area (TPSA) is 55.1 Å². The predicted octanol–water partition coefficient (Wildman–Crippen LogP) is 5.94. The first-order chi connectivity index (χ1) is 11.6. The van der Waals surface area contributed by atoms with E-state index in [-0.39, 0.29) is 5.92 Å². The minimum absolute atomic E-state index is 0.245. The molecule has 1 heterocycles. The average molecular weight is 337 g/mol. The number of rotatable bonds is 14. The second-order valence-electron chi connectivity index (χ2n) is 7.17. The van der Waals surface area contributed by atoms with Crippen LogP contribution in [-0.2, 0) is 4.79 Å². The van der Waals surface area contributed by atoms with Crippen molar-refractivity contribution < 1.29 is 9.90 Å². The van der Waals surface area contributed by atoms with E-state index in [1.165, 1.54) is 51.4 Å². The second-order valence-corrected chi connectivity index (χ2v) is 7.17. The maximum absolute atomic E-state index is 11.6. The number of imidazole rings is 1. The first-order valence-corrected chi connectivity index (χ1v) is 9.83. The van der Waals surface area contributed by atoms with E-state index >= 15 is 0 Å². The molecule has 4 nitrogen and oxygen atoms in total. The third kappa shape index (κ3) is 7.50. The molecule has 1 aromatic heterocycles. The number of aliphatic carboxylic acids is 1. The Balaban J connectivity index is 2.23. The molecule has 0 radical (unpaired) electrons. The van der Waals surface area contributed by atoms with Gasteiger partial charge in [0.2, 0.25) is 0 Å². The Kier molecular flexibility index (Phi) is 10.4. The van der Waals surface area contributed by atoms with E-state index in [2.05, 4.69) is 25.8 Å². The largest absolute Gasteiger partial charge is 0.480 e. The number of carboxylic acids is 1. The van der Waals surface area contributed by atoms with Crippen LogP contribution in [0.3, 0.4) is 0 Å². The smallest absolute Gasteiger partial charge is 0.326 e. The minimum atomic E-state index is -0.745. The SMILES string of the molecule is CCCCCCCCCCCCC(C(=O)O)n1ccnc1C(C)C. The van der Waals surface area contributed by atoms with Crippen molar-refractivity contribution in [1.82, 2.24) is 9.55 Å². The lowest BCUT2D eigenvalue weighted by Gasteiger charge is -2.18. The lowest BCUT2D eigenvalue weighted by molar-refractivity contribution is -0.141. The Morgan fingerprint density at radius 1 is 1.04 bits per heavy atom. The maximum Gasteiger partial charge on any atom is 0.326 e. The zero-order valence-corrected chi connectivity index (χ0v) is 15.8. The molecule has 0 saturated carbocycles. The molecule has 0 saturated heterocycles. The zero-order valence-electron chi connectivity index (χ0n) is 15.8. The van der Waals surface area contributed by atoms with Gasteiger partial charge < -0.3 is 9.67 Å². The quantitative estimate of drug-likeness (QED) is 0.427. The van der Waals surface area contributed by atoms with E-state index in [0.717, 1.165) is 18.7 Å². The number of unbranched alkanes of at least 4 members (excludes halogenated alkanes) is 9. The number of hydrogen-bond donors (Lipinski definition) is 1. The summed E-state index contributed by atoms with van der Waals surface area (Å²) in [5.74, 6) is 0.370. The van der Waals surface area contributed by atoms with Gasteiger partial charge in [-0.25, -0.2) is 9.78 Å². The summed E-state index contributed by atoms with van der Waals surface area (Å²) in [6.07, 6.45) is 16.9. The van der Waals surface area contributed by atoms with E-state index in [4.69, 9.17) is 0 Å². The summed E-state index contributed by atoms with van der Waals surface area (Å²) >= 11 is 0. The number of nitrogens with zero attached hydrogens (tertiary/aromatic N) is 2. The van der Waals surface area contributed by atoms with Crippen molar-refractivity contribution in [3.8, 4) is 0 Å². The highest BCUT2D eigenvalue weighted by Crippen LogP contribution is 2.22. The molecule has 1 N–H and O–H groups in total. The normalized spacial score (nSPS) is 12.7. The van der Waals surface area contributed by atoms with Crippen molar-refractivity contribution in [1.29, 1.82) is 0 Å². The van der Waals surface area contributed by atoms with Crippen molar-refractivity contribution in [2.75, 3.05) is 0 Å². The first-order valence-electron chi connectivity index (χ1n) is 9.83. The van der Waals surface area contributed by atoms with Crippen LogP contribution in [0, 0.1) is 0 Å². The molecule has 1 aromatic rings. The fourth-order valence-corrected chi connectivity index (χ4v) is 3.24. The summed E-state index contributed by atoms with van der Waals surface area (Å²) in [5, 5.41) is 9.55. The molecule has 24 heavy (non-hydrogen) atoms. The second kappa shape index (κ2) is 12.1. The van der Waals surface area contributed by atoms with Crippen molar-refractivity contribution in [3.05, 3.63) is 18.2 Å². The Bertz CT molecular complexity index is 454. The van der Waals surface area contributed by atoms with Crippen LogP contribution < -0.4 is 0 Å². The third-order valence-electron chi connectivity index (χ3n) is 4.67. The number of carboxylic acid groups (broad SMARTS) is 1. The molecular weight excluding hydrogens is 300 g/mol. The lowest BCUT2D eigenvalue weighted by atomic mass is 10.0. The molecule has 0 fully saturated rings. The van der Waals surface area contributed by atoms with Gasteiger partial charge in [0.1, 0.15) is 11.9 Å². The molecule has 138 valence electrons. The monoisotopic (exact) mass is 336 g/mol. The lowest BCUT2D eigenvalue weighted by Crippen LogP contribution is -2.21. The summed E-state index contributed by atoms with van der Waals surface area (Å²) in [6.45, 7) is 6.36. The van der Waals surface area contributed by atoms with Crippen LogP contribution in [0.4, 0.5) is 0 Å². The van der Waals surface area contributed by atoms with Gasteiger partial charge >= 0.3 is 5.97 Å². The van der Waals surface area contributed by atoms with Gasteiger partial charge in [-0.15, -0.1) is 0 Å². The van der Waals surface area contributed by atoms with E-state index in [0.29, 0.717) is 6.42 Å². The molecule has 0 aliphatic rings. The van der Waals surface area contributed by atoms with Crippen molar-refractivity contribution in [3.63, 3.8) is 0 Å². The third-order valence-corrected chi connectivity index (χ3v) is 4.67. The molecule has 0 bridgehead atoms. The molecule has 1 atom stereocenters. The van der Waals surface area contributed by atoms with Gasteiger partial charge in [-0.05, 0) is 6.42 Å². The average Bonchev–Trinajstić information content (AvgIpc) is 3.01. The van der Waals surface area contributed by atoms with Gasteiger partial charge in [0.05, 0.1) is 0 Å². The fraction of sp³-hybridized carbons (Fsp3) is 0.800. The molecule has 0 aliphatic carbocycles. The first kappa shape index (κ1) is 20.7. The summed E-state index contributed by atoms with van der Waals surface area (Å²) in [5.41, 5.74) is 0. The van der Waals surface area contributed by atoms with E-state index < -0.39 is 12.0 Å². The van der Waals surface area contributed by atoms with Crippen LogP contribution in [0.15, 0.2) is 12.4 Å². The zero-order chi connectivity index (χ0) is 17.8. The molecule has 0 spiro atoms. The molecule has 1 unspecified atom stereocenters. The number of aromatic nitrogens is 2. The van der Waals surface area contributed by atoms with Crippen LogP contribution in [0.2, 0.25) is 0 Å². The highest BCUT2D eigenvalue weighted by molar-refractivity contribution is 5.71. The fourth-order valence-electron chi connectivity index (χ4n) is 3.24. The standard InChI is InChI=1S/C20H36N2O2/c1-4-5-6-7-8-9-10-11-12-13-14-18(20(23)24)22-16-15-21-19(22)17(2)3/h15-18H,4-14H2,1-3H3,(H,23,24). The molecule has 0 amide bonds. The van der Waals surface area contributed by atoms with Gasteiger partial charge in [0, 0.05) is 18.3 Å².